The number of nitrogens with zero attached hydrogens (tertiary/aromatic N) is 1. The van der Waals surface area contributed by atoms with Gasteiger partial charge in [0.05, 0.1) is 12.1 Å². The number of ether oxygens (including phenoxy) is 1. The number of pyridine rings is 1. The molecule has 0 aliphatic carbocycles. The maximum Gasteiger partial charge on any atom is 0.429 e. The Morgan fingerprint density at radius 1 is 1.37 bits per heavy atom. The zero-order valence-corrected chi connectivity index (χ0v) is 12.6. The lowest BCUT2D eigenvalue weighted by Gasteiger charge is -2.21. The van der Waals surface area contributed by atoms with Crippen molar-refractivity contribution < 1.29 is 18.4 Å². The van der Waals surface area contributed by atoms with Crippen LogP contribution in [0.4, 0.5) is 0 Å². The third kappa shape index (κ3) is 5.50. The molecule has 0 bridgehead atoms. The molecular formula is C13H20NO4Si. The van der Waals surface area contributed by atoms with Gasteiger partial charge in [-0.15, -0.1) is 0 Å². The highest BCUT2D eigenvalue weighted by Crippen LogP contribution is 2.10. The van der Waals surface area contributed by atoms with E-state index in [1.54, 1.807) is 26.5 Å². The summed E-state index contributed by atoms with van der Waals surface area (Å²) in [4.78, 5) is 16.0. The van der Waals surface area contributed by atoms with Gasteiger partial charge in [0.25, 0.3) is 0 Å². The lowest BCUT2D eigenvalue weighted by atomic mass is 10.3. The van der Waals surface area contributed by atoms with Crippen molar-refractivity contribution in [1.82, 2.24) is 4.98 Å². The Balaban J connectivity index is 2.56. The van der Waals surface area contributed by atoms with E-state index in [9.17, 15) is 4.79 Å². The van der Waals surface area contributed by atoms with Crippen molar-refractivity contribution in [2.75, 3.05) is 14.2 Å². The van der Waals surface area contributed by atoms with Gasteiger partial charge in [-0.25, -0.2) is 0 Å². The van der Waals surface area contributed by atoms with Crippen molar-refractivity contribution in [1.29, 1.82) is 0 Å². The first-order valence-corrected chi connectivity index (χ1v) is 7.64. The molecule has 0 aromatic carbocycles. The fourth-order valence-electron chi connectivity index (χ4n) is 1.68. The van der Waals surface area contributed by atoms with E-state index in [4.69, 9.17) is 13.6 Å². The van der Waals surface area contributed by atoms with Gasteiger partial charge in [-0.2, -0.15) is 0 Å². The molecule has 1 unspecified atom stereocenters. The molecule has 1 heterocycles. The Morgan fingerprint density at radius 3 is 2.63 bits per heavy atom. The molecule has 0 amide bonds. The highest BCUT2D eigenvalue weighted by Gasteiger charge is 2.29. The van der Waals surface area contributed by atoms with Gasteiger partial charge in [-0.05, 0) is 18.6 Å². The summed E-state index contributed by atoms with van der Waals surface area (Å²) in [6, 6.07) is 5.46. The summed E-state index contributed by atoms with van der Waals surface area (Å²) in [6.45, 7) is 2.03. The topological polar surface area (TPSA) is 57.7 Å². The molecule has 0 aliphatic rings. The smallest absolute Gasteiger partial charge is 0.429 e. The van der Waals surface area contributed by atoms with Gasteiger partial charge in [0, 0.05) is 20.4 Å². The Kier molecular flexibility index (Phi) is 7.31. The molecule has 19 heavy (non-hydrogen) atoms. The number of hydrogen-bond acceptors (Lipinski definition) is 5. The zero-order chi connectivity index (χ0) is 14.1. The highest BCUT2D eigenvalue weighted by atomic mass is 28.3. The number of aromatic nitrogens is 1. The van der Waals surface area contributed by atoms with Crippen molar-refractivity contribution >= 4 is 15.3 Å². The minimum Gasteiger partial charge on any atom is -0.460 e. The molecule has 0 spiro atoms. The second-order valence-corrected chi connectivity index (χ2v) is 6.09. The van der Waals surface area contributed by atoms with Crippen molar-refractivity contribution in [2.45, 2.75) is 31.9 Å². The third-order valence-corrected chi connectivity index (χ3v) is 4.28. The van der Waals surface area contributed by atoms with Crippen molar-refractivity contribution in [3.05, 3.63) is 30.1 Å². The van der Waals surface area contributed by atoms with E-state index in [1.807, 2.05) is 19.1 Å². The number of hydrogen-bond donors (Lipinski definition) is 0. The summed E-state index contributed by atoms with van der Waals surface area (Å²) in [6.07, 6.45) is 3.47. The van der Waals surface area contributed by atoms with Crippen LogP contribution >= 0.6 is 0 Å². The largest absolute Gasteiger partial charge is 0.460 e. The van der Waals surface area contributed by atoms with E-state index in [0.717, 1.165) is 12.8 Å². The molecule has 0 fully saturated rings. The van der Waals surface area contributed by atoms with E-state index in [-0.39, 0.29) is 18.1 Å². The summed E-state index contributed by atoms with van der Waals surface area (Å²) < 4.78 is 16.0. The maximum absolute atomic E-state index is 11.9. The van der Waals surface area contributed by atoms with Crippen LogP contribution in [0.25, 0.3) is 0 Å². The number of carbonyl (C=O) groups excluding carboxylic acids is 1. The summed E-state index contributed by atoms with van der Waals surface area (Å²) >= 11 is 0. The molecule has 0 N–H and O–H groups in total. The average Bonchev–Trinajstić information content (AvgIpc) is 2.41. The van der Waals surface area contributed by atoms with E-state index in [2.05, 4.69) is 4.98 Å². The molecule has 1 atom stereocenters. The van der Waals surface area contributed by atoms with Gasteiger partial charge < -0.3 is 13.6 Å². The van der Waals surface area contributed by atoms with Gasteiger partial charge in [0.1, 0.15) is 5.73 Å². The van der Waals surface area contributed by atoms with Crippen LogP contribution in [0.5, 0.6) is 0 Å². The van der Waals surface area contributed by atoms with E-state index in [0.29, 0.717) is 5.69 Å². The van der Waals surface area contributed by atoms with E-state index < -0.39 is 9.28 Å². The van der Waals surface area contributed by atoms with Crippen LogP contribution in [-0.2, 0) is 24.8 Å². The van der Waals surface area contributed by atoms with Crippen LogP contribution in [0, 0.1) is 0 Å². The minimum absolute atomic E-state index is 0.170. The Labute approximate surface area is 115 Å². The summed E-state index contributed by atoms with van der Waals surface area (Å²) in [5.41, 5.74) is 0.410. The lowest BCUT2D eigenvalue weighted by molar-refractivity contribution is -0.146. The van der Waals surface area contributed by atoms with E-state index in [1.165, 1.54) is 0 Å². The molecule has 0 aliphatic heterocycles. The number of esters is 1. The van der Waals surface area contributed by atoms with Crippen LogP contribution in [0.2, 0.25) is 0 Å². The Bertz CT molecular complexity index is 370. The second kappa shape index (κ2) is 8.79. The SMILES string of the molecule is CCCC(OC(=O)Cc1ccccn1)[Si](OC)OC. The first-order valence-electron chi connectivity index (χ1n) is 6.25. The van der Waals surface area contributed by atoms with Crippen molar-refractivity contribution in [3.63, 3.8) is 0 Å². The van der Waals surface area contributed by atoms with Gasteiger partial charge in [-0.3, -0.25) is 9.78 Å². The first-order chi connectivity index (χ1) is 9.21. The molecule has 0 saturated heterocycles. The van der Waals surface area contributed by atoms with Crippen LogP contribution in [0.3, 0.4) is 0 Å². The molecule has 105 valence electrons. The van der Waals surface area contributed by atoms with Gasteiger partial charge in [0.2, 0.25) is 0 Å². The summed E-state index contributed by atoms with van der Waals surface area (Å²) in [5, 5.41) is 0. The van der Waals surface area contributed by atoms with Gasteiger partial charge in [-0.1, -0.05) is 19.4 Å². The minimum atomic E-state index is -1.57. The summed E-state index contributed by atoms with van der Waals surface area (Å²) in [7, 11) is 1.58. The fourth-order valence-corrected chi connectivity index (χ4v) is 3.13. The van der Waals surface area contributed by atoms with Crippen molar-refractivity contribution in [3.8, 4) is 0 Å². The van der Waals surface area contributed by atoms with Crippen molar-refractivity contribution in [2.24, 2.45) is 0 Å². The molecule has 0 saturated carbocycles. The first kappa shape index (κ1) is 15.8. The predicted octanol–water partition coefficient (Wildman–Crippen LogP) is 1.66. The number of carbonyl (C=O) groups is 1. The average molecular weight is 282 g/mol. The maximum atomic E-state index is 11.9. The Morgan fingerprint density at radius 2 is 2.11 bits per heavy atom. The summed E-state index contributed by atoms with van der Waals surface area (Å²) in [5.74, 6) is -0.297. The van der Waals surface area contributed by atoms with Gasteiger partial charge >= 0.3 is 15.3 Å². The standard InChI is InChI=1S/C13H20NO4Si/c1-4-7-13(19(16-2)17-3)18-12(15)10-11-8-5-6-9-14-11/h5-6,8-9,13H,4,7,10H2,1-3H3. The normalized spacial score (nSPS) is 12.4. The van der Waals surface area contributed by atoms with Crippen LogP contribution < -0.4 is 0 Å². The molecule has 1 aromatic rings. The van der Waals surface area contributed by atoms with Crippen LogP contribution in [-0.4, -0.2) is 40.2 Å². The zero-order valence-electron chi connectivity index (χ0n) is 11.6. The molecule has 1 radical (unpaired) electrons. The Hall–Kier alpha value is -1.24. The van der Waals surface area contributed by atoms with E-state index >= 15 is 0 Å². The quantitative estimate of drug-likeness (QED) is 0.536. The molecule has 1 aromatic heterocycles. The van der Waals surface area contributed by atoms with Crippen LogP contribution in [0.1, 0.15) is 25.5 Å². The molecule has 6 heteroatoms. The van der Waals surface area contributed by atoms with Crippen LogP contribution in [0.15, 0.2) is 24.4 Å². The monoisotopic (exact) mass is 282 g/mol. The molecule has 5 nitrogen and oxygen atoms in total. The second-order valence-electron chi connectivity index (χ2n) is 3.99. The predicted molar refractivity (Wildman–Crippen MR) is 72.5 cm³/mol. The molecular weight excluding hydrogens is 262 g/mol. The third-order valence-electron chi connectivity index (χ3n) is 2.54. The fraction of sp³-hybridized carbons (Fsp3) is 0.538. The van der Waals surface area contributed by atoms with Gasteiger partial charge in [0.15, 0.2) is 0 Å². The number of rotatable bonds is 8. The molecule has 1 rings (SSSR count). The highest BCUT2D eigenvalue weighted by molar-refractivity contribution is 6.46. The lowest BCUT2D eigenvalue weighted by Crippen LogP contribution is -2.39.